The van der Waals surface area contributed by atoms with Crippen LogP contribution in [-0.2, 0) is 13.1 Å². The molecule has 0 atom stereocenters. The summed E-state index contributed by atoms with van der Waals surface area (Å²) in [6.45, 7) is 7.86. The standard InChI is InChI=1S/C12H17BrN4S/c1-12(2,3)15-6-11-14-8-17(16-11)7-10-9(13)4-5-18-10/h4-5,8,15H,6-7H2,1-3H3. The lowest BCUT2D eigenvalue weighted by atomic mass is 10.1. The van der Waals surface area contributed by atoms with Crippen molar-refractivity contribution in [3.05, 3.63) is 32.9 Å². The average Bonchev–Trinajstić information content (AvgIpc) is 2.86. The van der Waals surface area contributed by atoms with Gasteiger partial charge in [0.05, 0.1) is 13.1 Å². The Labute approximate surface area is 120 Å². The molecule has 0 saturated carbocycles. The van der Waals surface area contributed by atoms with Crippen LogP contribution < -0.4 is 5.32 Å². The Morgan fingerprint density at radius 2 is 2.22 bits per heavy atom. The van der Waals surface area contributed by atoms with Gasteiger partial charge in [-0.25, -0.2) is 9.67 Å². The van der Waals surface area contributed by atoms with Crippen molar-refractivity contribution in [2.75, 3.05) is 0 Å². The Balaban J connectivity index is 1.96. The third-order valence-corrected chi connectivity index (χ3v) is 4.27. The monoisotopic (exact) mass is 328 g/mol. The van der Waals surface area contributed by atoms with E-state index < -0.39 is 0 Å². The number of nitrogens with zero attached hydrogens (tertiary/aromatic N) is 3. The first-order valence-corrected chi connectivity index (χ1v) is 7.46. The van der Waals surface area contributed by atoms with E-state index >= 15 is 0 Å². The molecule has 0 bridgehead atoms. The summed E-state index contributed by atoms with van der Waals surface area (Å²) in [6, 6.07) is 2.05. The van der Waals surface area contributed by atoms with Crippen molar-refractivity contribution in [2.45, 2.75) is 39.4 Å². The van der Waals surface area contributed by atoms with Crippen molar-refractivity contribution in [2.24, 2.45) is 0 Å². The molecule has 0 aromatic carbocycles. The molecule has 0 spiro atoms. The number of nitrogens with one attached hydrogen (secondary N) is 1. The van der Waals surface area contributed by atoms with E-state index in [1.807, 2.05) is 4.68 Å². The van der Waals surface area contributed by atoms with Crippen LogP contribution in [0.4, 0.5) is 0 Å². The second kappa shape index (κ2) is 5.50. The van der Waals surface area contributed by atoms with Crippen LogP contribution in [0.3, 0.4) is 0 Å². The molecule has 0 aliphatic carbocycles. The van der Waals surface area contributed by atoms with Crippen LogP contribution in [0.1, 0.15) is 31.5 Å². The maximum Gasteiger partial charge on any atom is 0.164 e. The maximum atomic E-state index is 4.46. The number of aromatic nitrogens is 3. The quantitative estimate of drug-likeness (QED) is 0.938. The maximum absolute atomic E-state index is 4.46. The second-order valence-corrected chi connectivity index (χ2v) is 7.01. The zero-order valence-electron chi connectivity index (χ0n) is 10.8. The predicted molar refractivity (Wildman–Crippen MR) is 77.7 cm³/mol. The van der Waals surface area contributed by atoms with Gasteiger partial charge in [-0.3, -0.25) is 0 Å². The molecule has 2 rings (SSSR count). The largest absolute Gasteiger partial charge is 0.305 e. The van der Waals surface area contributed by atoms with Gasteiger partial charge in [0, 0.05) is 14.9 Å². The van der Waals surface area contributed by atoms with Crippen LogP contribution in [-0.4, -0.2) is 20.3 Å². The van der Waals surface area contributed by atoms with Crippen molar-refractivity contribution in [3.8, 4) is 0 Å². The van der Waals surface area contributed by atoms with Gasteiger partial charge in [-0.15, -0.1) is 11.3 Å². The molecule has 0 aliphatic heterocycles. The summed E-state index contributed by atoms with van der Waals surface area (Å²) in [5.74, 6) is 0.831. The summed E-state index contributed by atoms with van der Waals surface area (Å²) in [4.78, 5) is 5.57. The topological polar surface area (TPSA) is 42.7 Å². The molecule has 2 heterocycles. The normalized spacial score (nSPS) is 12.0. The van der Waals surface area contributed by atoms with Crippen LogP contribution in [0.5, 0.6) is 0 Å². The molecule has 0 fully saturated rings. The molecule has 4 nitrogen and oxygen atoms in total. The molecular weight excluding hydrogens is 312 g/mol. The minimum absolute atomic E-state index is 0.0856. The lowest BCUT2D eigenvalue weighted by Crippen LogP contribution is -2.35. The highest BCUT2D eigenvalue weighted by Crippen LogP contribution is 2.23. The van der Waals surface area contributed by atoms with Crippen molar-refractivity contribution in [3.63, 3.8) is 0 Å². The Hall–Kier alpha value is -0.720. The van der Waals surface area contributed by atoms with Crippen LogP contribution in [0.2, 0.25) is 0 Å². The van der Waals surface area contributed by atoms with Gasteiger partial charge in [0.15, 0.2) is 5.82 Å². The van der Waals surface area contributed by atoms with Crippen molar-refractivity contribution in [1.82, 2.24) is 20.1 Å². The number of rotatable bonds is 4. The summed E-state index contributed by atoms with van der Waals surface area (Å²) in [6.07, 6.45) is 1.78. The Morgan fingerprint density at radius 1 is 1.44 bits per heavy atom. The van der Waals surface area contributed by atoms with Gasteiger partial charge in [-0.2, -0.15) is 5.10 Å². The third kappa shape index (κ3) is 3.90. The number of thiophene rings is 1. The SMILES string of the molecule is CC(C)(C)NCc1ncn(Cc2sccc2Br)n1. The fourth-order valence-electron chi connectivity index (χ4n) is 1.42. The minimum Gasteiger partial charge on any atom is -0.305 e. The van der Waals surface area contributed by atoms with Gasteiger partial charge in [0.1, 0.15) is 6.33 Å². The van der Waals surface area contributed by atoms with Gasteiger partial charge in [0.25, 0.3) is 0 Å². The van der Waals surface area contributed by atoms with Crippen LogP contribution >= 0.6 is 27.3 Å². The second-order valence-electron chi connectivity index (χ2n) is 5.15. The molecule has 2 aromatic rings. The Morgan fingerprint density at radius 3 is 2.83 bits per heavy atom. The van der Waals surface area contributed by atoms with E-state index in [1.165, 1.54) is 4.88 Å². The average molecular weight is 329 g/mol. The summed E-state index contributed by atoms with van der Waals surface area (Å²) in [5, 5.41) is 9.90. The molecule has 0 saturated heterocycles. The molecule has 0 aliphatic rings. The van der Waals surface area contributed by atoms with Crippen LogP contribution in [0, 0.1) is 0 Å². The molecule has 0 amide bonds. The first-order valence-electron chi connectivity index (χ1n) is 5.79. The van der Waals surface area contributed by atoms with Gasteiger partial charge in [0.2, 0.25) is 0 Å². The molecule has 2 aromatic heterocycles. The molecule has 1 N–H and O–H groups in total. The highest BCUT2D eigenvalue weighted by molar-refractivity contribution is 9.10. The van der Waals surface area contributed by atoms with Crippen molar-refractivity contribution >= 4 is 27.3 Å². The Kier molecular flexibility index (Phi) is 4.19. The van der Waals surface area contributed by atoms with E-state index in [2.05, 4.69) is 63.5 Å². The first kappa shape index (κ1) is 13.7. The van der Waals surface area contributed by atoms with E-state index in [9.17, 15) is 0 Å². The summed E-state index contributed by atoms with van der Waals surface area (Å²) in [5.41, 5.74) is 0.0856. The van der Waals surface area contributed by atoms with E-state index in [0.717, 1.165) is 16.8 Å². The first-order chi connectivity index (χ1) is 8.44. The van der Waals surface area contributed by atoms with E-state index in [4.69, 9.17) is 0 Å². The highest BCUT2D eigenvalue weighted by atomic mass is 79.9. The number of halogens is 1. The fourth-order valence-corrected chi connectivity index (χ4v) is 2.89. The Bertz CT molecular complexity index is 512. The minimum atomic E-state index is 0.0856. The summed E-state index contributed by atoms with van der Waals surface area (Å²) < 4.78 is 3.01. The van der Waals surface area contributed by atoms with E-state index in [1.54, 1.807) is 17.7 Å². The molecule has 18 heavy (non-hydrogen) atoms. The van der Waals surface area contributed by atoms with Crippen molar-refractivity contribution in [1.29, 1.82) is 0 Å². The lowest BCUT2D eigenvalue weighted by molar-refractivity contribution is 0.417. The fraction of sp³-hybridized carbons (Fsp3) is 0.500. The van der Waals surface area contributed by atoms with Crippen LogP contribution in [0.15, 0.2) is 22.2 Å². The molecule has 0 unspecified atom stereocenters. The van der Waals surface area contributed by atoms with Crippen molar-refractivity contribution < 1.29 is 0 Å². The summed E-state index contributed by atoms with van der Waals surface area (Å²) in [7, 11) is 0. The summed E-state index contributed by atoms with van der Waals surface area (Å²) >= 11 is 5.24. The zero-order valence-corrected chi connectivity index (χ0v) is 13.2. The molecular formula is C12H17BrN4S. The van der Waals surface area contributed by atoms with Gasteiger partial charge < -0.3 is 5.32 Å². The van der Waals surface area contributed by atoms with Gasteiger partial charge in [-0.1, -0.05) is 0 Å². The highest BCUT2D eigenvalue weighted by Gasteiger charge is 2.11. The smallest absolute Gasteiger partial charge is 0.164 e. The molecule has 0 radical (unpaired) electrons. The van der Waals surface area contributed by atoms with E-state index in [0.29, 0.717) is 6.54 Å². The van der Waals surface area contributed by atoms with E-state index in [-0.39, 0.29) is 5.54 Å². The van der Waals surface area contributed by atoms with Gasteiger partial charge >= 0.3 is 0 Å². The predicted octanol–water partition coefficient (Wildman–Crippen LogP) is 3.04. The number of hydrogen-bond donors (Lipinski definition) is 1. The van der Waals surface area contributed by atoms with Crippen LogP contribution in [0.25, 0.3) is 0 Å². The third-order valence-electron chi connectivity index (χ3n) is 2.36. The molecule has 6 heteroatoms. The lowest BCUT2D eigenvalue weighted by Gasteiger charge is -2.19. The number of hydrogen-bond acceptors (Lipinski definition) is 4. The van der Waals surface area contributed by atoms with Gasteiger partial charge in [-0.05, 0) is 48.1 Å². The zero-order chi connectivity index (χ0) is 13.2. The molecule has 98 valence electrons.